The predicted molar refractivity (Wildman–Crippen MR) is 63.0 cm³/mol. The fourth-order valence-electron chi connectivity index (χ4n) is 0.967. The van der Waals surface area contributed by atoms with Crippen LogP contribution >= 0.6 is 0 Å². The van der Waals surface area contributed by atoms with Crippen LogP contribution in [0, 0.1) is 0 Å². The van der Waals surface area contributed by atoms with Gasteiger partial charge in [-0.2, -0.15) is 5.10 Å². The molecule has 0 aliphatic rings. The van der Waals surface area contributed by atoms with Crippen molar-refractivity contribution in [3.63, 3.8) is 0 Å². The summed E-state index contributed by atoms with van der Waals surface area (Å²) in [5, 5.41) is 6.08. The summed E-state index contributed by atoms with van der Waals surface area (Å²) >= 11 is 0. The average molecular weight is 234 g/mol. The van der Waals surface area contributed by atoms with Crippen molar-refractivity contribution < 1.29 is 9.59 Å². The fourth-order valence-corrected chi connectivity index (χ4v) is 0.967. The Morgan fingerprint density at radius 2 is 2.06 bits per heavy atom. The molecule has 0 spiro atoms. The van der Waals surface area contributed by atoms with Gasteiger partial charge in [-0.15, -0.1) is 0 Å². The van der Waals surface area contributed by atoms with Gasteiger partial charge in [0.1, 0.15) is 0 Å². The van der Waals surface area contributed by atoms with Gasteiger partial charge in [0.2, 0.25) is 0 Å². The van der Waals surface area contributed by atoms with Crippen molar-refractivity contribution in [3.8, 4) is 0 Å². The molecule has 0 atom stereocenters. The molecule has 0 radical (unpaired) electrons. The van der Waals surface area contributed by atoms with Crippen LogP contribution in [-0.2, 0) is 16.1 Å². The van der Waals surface area contributed by atoms with E-state index in [0.717, 1.165) is 0 Å². The minimum absolute atomic E-state index is 0.210. The number of rotatable bonds is 3. The van der Waals surface area contributed by atoms with E-state index in [2.05, 4.69) is 20.8 Å². The van der Waals surface area contributed by atoms with Crippen molar-refractivity contribution in [2.75, 3.05) is 0 Å². The lowest BCUT2D eigenvalue weighted by Crippen LogP contribution is -2.37. The van der Waals surface area contributed by atoms with Crippen molar-refractivity contribution in [2.24, 2.45) is 5.10 Å². The Balaban J connectivity index is 2.40. The van der Waals surface area contributed by atoms with Gasteiger partial charge < -0.3 is 5.32 Å². The molecule has 6 nitrogen and oxygen atoms in total. The zero-order chi connectivity index (χ0) is 12.7. The first kappa shape index (κ1) is 12.8. The molecular formula is C11H14N4O2. The van der Waals surface area contributed by atoms with Crippen molar-refractivity contribution in [3.05, 3.63) is 30.1 Å². The van der Waals surface area contributed by atoms with E-state index in [4.69, 9.17) is 0 Å². The van der Waals surface area contributed by atoms with Crippen LogP contribution in [0.5, 0.6) is 0 Å². The molecule has 0 unspecified atom stereocenters. The lowest BCUT2D eigenvalue weighted by atomic mass is 10.3. The van der Waals surface area contributed by atoms with Crippen LogP contribution in [-0.4, -0.2) is 22.5 Å². The smallest absolute Gasteiger partial charge is 0.329 e. The van der Waals surface area contributed by atoms with E-state index >= 15 is 0 Å². The Labute approximate surface area is 99.1 Å². The summed E-state index contributed by atoms with van der Waals surface area (Å²) in [4.78, 5) is 26.5. The molecule has 0 aliphatic heterocycles. The number of nitrogens with zero attached hydrogens (tertiary/aromatic N) is 2. The lowest BCUT2D eigenvalue weighted by Gasteiger charge is -2.03. The summed E-state index contributed by atoms with van der Waals surface area (Å²) in [6.07, 6.45) is 1.62. The number of amides is 2. The van der Waals surface area contributed by atoms with Gasteiger partial charge in [0, 0.05) is 11.9 Å². The van der Waals surface area contributed by atoms with Gasteiger partial charge in [0.15, 0.2) is 0 Å². The van der Waals surface area contributed by atoms with Gasteiger partial charge in [0.25, 0.3) is 0 Å². The van der Waals surface area contributed by atoms with E-state index < -0.39 is 11.8 Å². The number of hydrazone groups is 1. The number of carbonyl (C=O) groups is 2. The molecular weight excluding hydrogens is 220 g/mol. The summed E-state index contributed by atoms with van der Waals surface area (Å²) in [7, 11) is 0. The van der Waals surface area contributed by atoms with E-state index in [-0.39, 0.29) is 6.54 Å². The molecule has 1 aromatic rings. The molecule has 1 aromatic heterocycles. The first-order chi connectivity index (χ1) is 8.09. The van der Waals surface area contributed by atoms with E-state index in [0.29, 0.717) is 11.4 Å². The van der Waals surface area contributed by atoms with Crippen LogP contribution in [0.15, 0.2) is 29.5 Å². The zero-order valence-electron chi connectivity index (χ0n) is 9.73. The third-order valence-electron chi connectivity index (χ3n) is 1.74. The zero-order valence-corrected chi connectivity index (χ0v) is 9.73. The van der Waals surface area contributed by atoms with Crippen LogP contribution in [0.3, 0.4) is 0 Å². The molecule has 6 heteroatoms. The molecule has 0 aliphatic carbocycles. The number of nitrogens with one attached hydrogen (secondary N) is 2. The Morgan fingerprint density at radius 1 is 1.29 bits per heavy atom. The normalized spacial score (nSPS) is 9.29. The van der Waals surface area contributed by atoms with E-state index in [1.165, 1.54) is 0 Å². The molecule has 0 aromatic carbocycles. The van der Waals surface area contributed by atoms with E-state index in [9.17, 15) is 9.59 Å². The first-order valence-corrected chi connectivity index (χ1v) is 5.08. The Bertz CT molecular complexity index is 424. The van der Waals surface area contributed by atoms with Crippen molar-refractivity contribution in [1.82, 2.24) is 15.7 Å². The molecule has 1 heterocycles. The predicted octanol–water partition coefficient (Wildman–Crippen LogP) is 0.210. The van der Waals surface area contributed by atoms with Crippen LogP contribution in [0.2, 0.25) is 0 Å². The van der Waals surface area contributed by atoms with E-state index in [1.807, 2.05) is 0 Å². The third-order valence-corrected chi connectivity index (χ3v) is 1.74. The highest BCUT2D eigenvalue weighted by atomic mass is 16.2. The summed E-state index contributed by atoms with van der Waals surface area (Å²) in [5.41, 5.74) is 3.48. The summed E-state index contributed by atoms with van der Waals surface area (Å²) in [6.45, 7) is 3.64. The van der Waals surface area contributed by atoms with Gasteiger partial charge in [-0.25, -0.2) is 5.43 Å². The minimum Gasteiger partial charge on any atom is -0.342 e. The van der Waals surface area contributed by atoms with Crippen LogP contribution < -0.4 is 10.7 Å². The first-order valence-electron chi connectivity index (χ1n) is 5.08. The number of pyridine rings is 1. The SMILES string of the molecule is CC(C)=NNC(=O)C(=O)NCc1ccccn1. The fraction of sp³-hybridized carbons (Fsp3) is 0.273. The van der Waals surface area contributed by atoms with Gasteiger partial charge in [-0.05, 0) is 26.0 Å². The van der Waals surface area contributed by atoms with Gasteiger partial charge in [0.05, 0.1) is 12.2 Å². The number of carbonyl (C=O) groups excluding carboxylic acids is 2. The topological polar surface area (TPSA) is 83.5 Å². The maximum atomic E-state index is 11.3. The number of hydrogen-bond acceptors (Lipinski definition) is 4. The standard InChI is InChI=1S/C11H14N4O2/c1-8(2)14-15-11(17)10(16)13-7-9-5-3-4-6-12-9/h3-6H,7H2,1-2H3,(H,13,16)(H,15,17). The van der Waals surface area contributed by atoms with Gasteiger partial charge in [-0.1, -0.05) is 6.07 Å². The van der Waals surface area contributed by atoms with Gasteiger partial charge >= 0.3 is 11.8 Å². The molecule has 90 valence electrons. The molecule has 1 rings (SSSR count). The largest absolute Gasteiger partial charge is 0.342 e. The molecule has 0 saturated heterocycles. The monoisotopic (exact) mass is 234 g/mol. The second kappa shape index (κ2) is 6.37. The third kappa shape index (κ3) is 4.87. The highest BCUT2D eigenvalue weighted by Crippen LogP contribution is 1.91. The maximum Gasteiger partial charge on any atom is 0.329 e. The number of aromatic nitrogens is 1. The Kier molecular flexibility index (Phi) is 4.80. The van der Waals surface area contributed by atoms with Crippen molar-refractivity contribution >= 4 is 17.5 Å². The second-order valence-electron chi connectivity index (χ2n) is 3.50. The van der Waals surface area contributed by atoms with Crippen LogP contribution in [0.25, 0.3) is 0 Å². The van der Waals surface area contributed by atoms with Crippen molar-refractivity contribution in [2.45, 2.75) is 20.4 Å². The molecule has 2 amide bonds. The van der Waals surface area contributed by atoms with E-state index in [1.54, 1.807) is 38.2 Å². The Hall–Kier alpha value is -2.24. The minimum atomic E-state index is -0.790. The van der Waals surface area contributed by atoms with Crippen LogP contribution in [0.4, 0.5) is 0 Å². The molecule has 2 N–H and O–H groups in total. The summed E-state index contributed by atoms with van der Waals surface area (Å²) < 4.78 is 0. The highest BCUT2D eigenvalue weighted by Gasteiger charge is 2.11. The van der Waals surface area contributed by atoms with Gasteiger partial charge in [-0.3, -0.25) is 14.6 Å². The highest BCUT2D eigenvalue weighted by molar-refractivity contribution is 6.35. The summed E-state index contributed by atoms with van der Waals surface area (Å²) in [6, 6.07) is 5.34. The Morgan fingerprint density at radius 3 is 2.65 bits per heavy atom. The number of hydrogen-bond donors (Lipinski definition) is 2. The average Bonchev–Trinajstić information content (AvgIpc) is 2.34. The quantitative estimate of drug-likeness (QED) is 0.445. The molecule has 0 fully saturated rings. The second-order valence-corrected chi connectivity index (χ2v) is 3.50. The molecule has 0 bridgehead atoms. The maximum absolute atomic E-state index is 11.3. The van der Waals surface area contributed by atoms with Crippen molar-refractivity contribution in [1.29, 1.82) is 0 Å². The van der Waals surface area contributed by atoms with Crippen LogP contribution in [0.1, 0.15) is 19.5 Å². The lowest BCUT2D eigenvalue weighted by molar-refractivity contribution is -0.139. The molecule has 17 heavy (non-hydrogen) atoms. The summed E-state index contributed by atoms with van der Waals surface area (Å²) in [5.74, 6) is -1.53. The molecule has 0 saturated carbocycles.